The van der Waals surface area contributed by atoms with E-state index in [0.29, 0.717) is 35.4 Å². The van der Waals surface area contributed by atoms with Crippen molar-refractivity contribution in [1.82, 2.24) is 9.97 Å². The van der Waals surface area contributed by atoms with Crippen LogP contribution in [0.5, 0.6) is 5.75 Å². The van der Waals surface area contributed by atoms with Crippen molar-refractivity contribution in [2.24, 2.45) is 0 Å². The van der Waals surface area contributed by atoms with Crippen LogP contribution in [-0.2, 0) is 0 Å². The summed E-state index contributed by atoms with van der Waals surface area (Å²) in [6.07, 6.45) is 0. The normalized spacial score (nSPS) is 10.3. The van der Waals surface area contributed by atoms with E-state index in [1.54, 1.807) is 18.2 Å². The molecule has 3 aromatic rings. The largest absolute Gasteiger partial charge is 0.496 e. The summed E-state index contributed by atoms with van der Waals surface area (Å²) in [5, 5.41) is 17.5. The molecule has 2 N–H and O–H groups in total. The number of hydrogen-bond donors (Lipinski definition) is 2. The first kappa shape index (κ1) is 18.1. The van der Waals surface area contributed by atoms with E-state index in [1.165, 1.54) is 13.2 Å². The van der Waals surface area contributed by atoms with Crippen LogP contribution in [0, 0.1) is 10.1 Å². The number of nitro benzene ring substituents is 1. The molecule has 0 unspecified atom stereocenters. The fourth-order valence-corrected chi connectivity index (χ4v) is 2.54. The molecule has 0 amide bonds. The molecular formula is C19H19N5O3. The molecule has 0 aliphatic carbocycles. The van der Waals surface area contributed by atoms with Crippen molar-refractivity contribution in [3.05, 3.63) is 64.7 Å². The molecule has 138 valence electrons. The van der Waals surface area contributed by atoms with Gasteiger partial charge in [0.05, 0.1) is 23.8 Å². The van der Waals surface area contributed by atoms with Crippen LogP contribution in [0.2, 0.25) is 0 Å². The predicted octanol–water partition coefficient (Wildman–Crippen LogP) is 4.24. The molecule has 0 fully saturated rings. The summed E-state index contributed by atoms with van der Waals surface area (Å²) >= 11 is 0. The first-order valence-electron chi connectivity index (χ1n) is 8.38. The van der Waals surface area contributed by atoms with Crippen LogP contribution in [0.25, 0.3) is 11.3 Å². The van der Waals surface area contributed by atoms with Crippen LogP contribution in [0.1, 0.15) is 6.92 Å². The highest BCUT2D eigenvalue weighted by Gasteiger charge is 2.16. The van der Waals surface area contributed by atoms with Gasteiger partial charge in [-0.05, 0) is 19.1 Å². The van der Waals surface area contributed by atoms with Crippen molar-refractivity contribution in [2.45, 2.75) is 6.92 Å². The number of benzene rings is 2. The van der Waals surface area contributed by atoms with E-state index < -0.39 is 4.92 Å². The summed E-state index contributed by atoms with van der Waals surface area (Å²) in [7, 11) is 1.46. The molecule has 0 bridgehead atoms. The van der Waals surface area contributed by atoms with Gasteiger partial charge in [0.15, 0.2) is 0 Å². The van der Waals surface area contributed by atoms with Crippen molar-refractivity contribution < 1.29 is 9.66 Å². The minimum atomic E-state index is -0.463. The number of aromatic nitrogens is 2. The summed E-state index contributed by atoms with van der Waals surface area (Å²) in [4.78, 5) is 19.8. The third kappa shape index (κ3) is 4.30. The van der Waals surface area contributed by atoms with Crippen molar-refractivity contribution in [3.63, 3.8) is 0 Å². The lowest BCUT2D eigenvalue weighted by atomic mass is 10.1. The van der Waals surface area contributed by atoms with E-state index in [9.17, 15) is 10.1 Å². The summed E-state index contributed by atoms with van der Waals surface area (Å²) < 4.78 is 5.07. The minimum absolute atomic E-state index is 0.0979. The Hall–Kier alpha value is -3.68. The molecule has 3 rings (SSSR count). The zero-order chi connectivity index (χ0) is 19.2. The second-order valence-electron chi connectivity index (χ2n) is 5.62. The summed E-state index contributed by atoms with van der Waals surface area (Å²) in [5.74, 6) is 1.30. The Kier molecular flexibility index (Phi) is 5.46. The van der Waals surface area contributed by atoms with Crippen LogP contribution >= 0.6 is 0 Å². The van der Waals surface area contributed by atoms with Gasteiger partial charge in [-0.1, -0.05) is 30.3 Å². The maximum absolute atomic E-state index is 11.4. The highest BCUT2D eigenvalue weighted by Crippen LogP contribution is 2.32. The number of nitrogens with one attached hydrogen (secondary N) is 2. The second-order valence-corrected chi connectivity index (χ2v) is 5.62. The first-order chi connectivity index (χ1) is 13.1. The maximum Gasteiger partial charge on any atom is 0.296 e. The molecule has 0 atom stereocenters. The zero-order valence-corrected chi connectivity index (χ0v) is 15.0. The third-order valence-corrected chi connectivity index (χ3v) is 3.79. The Morgan fingerprint density at radius 3 is 2.56 bits per heavy atom. The van der Waals surface area contributed by atoms with Crippen LogP contribution in [0.4, 0.5) is 23.1 Å². The molecule has 1 heterocycles. The number of anilines is 3. The zero-order valence-electron chi connectivity index (χ0n) is 15.0. The molecule has 0 spiro atoms. The second kappa shape index (κ2) is 8.13. The Bertz CT molecular complexity index is 947. The number of ether oxygens (including phenoxy) is 1. The molecule has 1 aromatic heterocycles. The van der Waals surface area contributed by atoms with E-state index >= 15 is 0 Å². The SMILES string of the molecule is CCNc1nc(Nc2ccc(OC)cc2[N+](=O)[O-])cc(-c2ccccc2)n1. The van der Waals surface area contributed by atoms with E-state index in [0.717, 1.165) is 5.56 Å². The quantitative estimate of drug-likeness (QED) is 0.477. The van der Waals surface area contributed by atoms with Gasteiger partial charge in [-0.15, -0.1) is 0 Å². The number of methoxy groups -OCH3 is 1. The summed E-state index contributed by atoms with van der Waals surface area (Å²) in [5.41, 5.74) is 1.85. The van der Waals surface area contributed by atoms with Crippen molar-refractivity contribution in [2.75, 3.05) is 24.3 Å². The van der Waals surface area contributed by atoms with Gasteiger partial charge < -0.3 is 15.4 Å². The van der Waals surface area contributed by atoms with E-state index in [-0.39, 0.29) is 5.69 Å². The molecule has 8 nitrogen and oxygen atoms in total. The van der Waals surface area contributed by atoms with E-state index in [2.05, 4.69) is 20.6 Å². The highest BCUT2D eigenvalue weighted by atomic mass is 16.6. The maximum atomic E-state index is 11.4. The van der Waals surface area contributed by atoms with Crippen molar-refractivity contribution in [1.29, 1.82) is 0 Å². The Balaban J connectivity index is 2.02. The predicted molar refractivity (Wildman–Crippen MR) is 105 cm³/mol. The monoisotopic (exact) mass is 365 g/mol. The molecule has 2 aromatic carbocycles. The van der Waals surface area contributed by atoms with Crippen molar-refractivity contribution >= 4 is 23.1 Å². The van der Waals surface area contributed by atoms with Gasteiger partial charge in [0.2, 0.25) is 5.95 Å². The van der Waals surface area contributed by atoms with Gasteiger partial charge in [-0.25, -0.2) is 4.98 Å². The molecular weight excluding hydrogens is 346 g/mol. The summed E-state index contributed by atoms with van der Waals surface area (Å²) in [6, 6.07) is 16.0. The van der Waals surface area contributed by atoms with Crippen LogP contribution in [-0.4, -0.2) is 28.5 Å². The van der Waals surface area contributed by atoms with Gasteiger partial charge in [0.25, 0.3) is 5.69 Å². The lowest BCUT2D eigenvalue weighted by Gasteiger charge is -2.11. The summed E-state index contributed by atoms with van der Waals surface area (Å²) in [6.45, 7) is 2.60. The topological polar surface area (TPSA) is 102 Å². The molecule has 0 aliphatic heterocycles. The van der Waals surface area contributed by atoms with Gasteiger partial charge in [-0.3, -0.25) is 10.1 Å². The van der Waals surface area contributed by atoms with E-state index in [1.807, 2.05) is 37.3 Å². The smallest absolute Gasteiger partial charge is 0.296 e. The standard InChI is InChI=1S/C19H19N5O3/c1-3-20-19-22-16(13-7-5-4-6-8-13)12-18(23-19)21-15-10-9-14(27-2)11-17(15)24(25)26/h4-12H,3H2,1-2H3,(H2,20,21,22,23). The number of nitro groups is 1. The number of rotatable bonds is 7. The molecule has 0 radical (unpaired) electrons. The van der Waals surface area contributed by atoms with Gasteiger partial charge in [0.1, 0.15) is 17.3 Å². The Labute approximate surface area is 156 Å². The Morgan fingerprint density at radius 2 is 1.89 bits per heavy atom. The number of nitrogens with zero attached hydrogens (tertiary/aromatic N) is 3. The fraction of sp³-hybridized carbons (Fsp3) is 0.158. The van der Waals surface area contributed by atoms with Crippen LogP contribution in [0.3, 0.4) is 0 Å². The molecule has 0 aliphatic rings. The first-order valence-corrected chi connectivity index (χ1v) is 8.38. The average Bonchev–Trinajstić information content (AvgIpc) is 2.69. The minimum Gasteiger partial charge on any atom is -0.496 e. The highest BCUT2D eigenvalue weighted by molar-refractivity contribution is 5.72. The van der Waals surface area contributed by atoms with Crippen LogP contribution in [0.15, 0.2) is 54.6 Å². The van der Waals surface area contributed by atoms with Gasteiger partial charge in [-0.2, -0.15) is 4.98 Å². The van der Waals surface area contributed by atoms with Crippen LogP contribution < -0.4 is 15.4 Å². The van der Waals surface area contributed by atoms with Crippen molar-refractivity contribution in [3.8, 4) is 17.0 Å². The average molecular weight is 365 g/mol. The molecule has 27 heavy (non-hydrogen) atoms. The molecule has 8 heteroatoms. The third-order valence-electron chi connectivity index (χ3n) is 3.79. The number of hydrogen-bond acceptors (Lipinski definition) is 7. The fourth-order valence-electron chi connectivity index (χ4n) is 2.54. The van der Waals surface area contributed by atoms with Gasteiger partial charge >= 0.3 is 0 Å². The Morgan fingerprint density at radius 1 is 1.11 bits per heavy atom. The van der Waals surface area contributed by atoms with Gasteiger partial charge in [0, 0.05) is 18.2 Å². The van der Waals surface area contributed by atoms with E-state index in [4.69, 9.17) is 4.74 Å². The lowest BCUT2D eigenvalue weighted by molar-refractivity contribution is -0.384. The molecule has 0 saturated heterocycles. The lowest BCUT2D eigenvalue weighted by Crippen LogP contribution is -2.06. The molecule has 0 saturated carbocycles.